The highest BCUT2D eigenvalue weighted by molar-refractivity contribution is 6.31. The average molecular weight is 343 g/mol. The van der Waals surface area contributed by atoms with E-state index < -0.39 is 23.5 Å². The number of benzene rings is 1. The molecule has 0 aliphatic carbocycles. The summed E-state index contributed by atoms with van der Waals surface area (Å²) < 4.78 is 4.65. The van der Waals surface area contributed by atoms with Crippen LogP contribution in [0.15, 0.2) is 18.2 Å². The number of carboxylic acid groups (broad SMARTS) is 1. The second-order valence-corrected chi connectivity index (χ2v) is 5.97. The molecule has 7 nitrogen and oxygen atoms in total. The van der Waals surface area contributed by atoms with E-state index in [2.05, 4.69) is 15.4 Å². The fourth-order valence-corrected chi connectivity index (χ4v) is 2.02. The van der Waals surface area contributed by atoms with Crippen LogP contribution in [-0.4, -0.2) is 35.7 Å². The quantitative estimate of drug-likeness (QED) is 0.689. The van der Waals surface area contributed by atoms with Crippen LogP contribution >= 0.6 is 11.6 Å². The smallest absolute Gasteiger partial charge is 0.339 e. The van der Waals surface area contributed by atoms with Crippen molar-refractivity contribution >= 4 is 35.3 Å². The summed E-state index contributed by atoms with van der Waals surface area (Å²) in [6, 6.07) is 3.80. The number of hydrogen-bond acceptors (Lipinski definition) is 4. The van der Waals surface area contributed by atoms with Crippen LogP contribution in [-0.2, 0) is 9.53 Å². The molecule has 8 heteroatoms. The number of carbonyl (C=O) groups excluding carboxylic acids is 2. The predicted molar refractivity (Wildman–Crippen MR) is 85.9 cm³/mol. The lowest BCUT2D eigenvalue weighted by atomic mass is 9.99. The molecule has 0 saturated heterocycles. The van der Waals surface area contributed by atoms with E-state index in [-0.39, 0.29) is 24.1 Å². The van der Waals surface area contributed by atoms with Gasteiger partial charge in [0.05, 0.1) is 18.4 Å². The Morgan fingerprint density at radius 2 is 1.96 bits per heavy atom. The van der Waals surface area contributed by atoms with Gasteiger partial charge < -0.3 is 20.5 Å². The van der Waals surface area contributed by atoms with Gasteiger partial charge in [0, 0.05) is 17.0 Å². The van der Waals surface area contributed by atoms with Crippen LogP contribution in [0, 0.1) is 0 Å². The number of aliphatic carboxylic acids is 1. The van der Waals surface area contributed by atoms with Gasteiger partial charge in [-0.3, -0.25) is 4.79 Å². The maximum atomic E-state index is 12.1. The number of methoxy groups -OCH3 is 1. The zero-order chi connectivity index (χ0) is 17.6. The van der Waals surface area contributed by atoms with Crippen molar-refractivity contribution in [1.29, 1.82) is 0 Å². The zero-order valence-corrected chi connectivity index (χ0v) is 13.9. The van der Waals surface area contributed by atoms with Gasteiger partial charge in [0.25, 0.3) is 0 Å². The minimum Gasteiger partial charge on any atom is -0.481 e. The molecule has 0 aromatic heterocycles. The molecule has 0 heterocycles. The number of halogens is 1. The SMILES string of the molecule is COC(=O)c1ccc(Cl)cc1NC(=O)NC(C)(C)CCC(=O)O. The number of ether oxygens (including phenoxy) is 1. The summed E-state index contributed by atoms with van der Waals surface area (Å²) in [5.41, 5.74) is -0.363. The maximum Gasteiger partial charge on any atom is 0.339 e. The fraction of sp³-hybridized carbons (Fsp3) is 0.400. The van der Waals surface area contributed by atoms with Crippen LogP contribution in [0.25, 0.3) is 0 Å². The van der Waals surface area contributed by atoms with E-state index in [9.17, 15) is 14.4 Å². The van der Waals surface area contributed by atoms with Gasteiger partial charge in [-0.05, 0) is 38.5 Å². The Balaban J connectivity index is 2.83. The standard InChI is InChI=1S/C15H19ClN2O5/c1-15(2,7-6-12(19)20)18-14(22)17-11-8-9(16)4-5-10(11)13(21)23-3/h4-5,8H,6-7H2,1-3H3,(H,19,20)(H2,17,18,22). The molecule has 0 saturated carbocycles. The summed E-state index contributed by atoms with van der Waals surface area (Å²) in [4.78, 5) is 34.4. The molecule has 1 aromatic rings. The molecule has 0 radical (unpaired) electrons. The third kappa shape index (κ3) is 6.15. The summed E-state index contributed by atoms with van der Waals surface area (Å²) in [6.45, 7) is 3.41. The highest BCUT2D eigenvalue weighted by Gasteiger charge is 2.22. The lowest BCUT2D eigenvalue weighted by molar-refractivity contribution is -0.137. The van der Waals surface area contributed by atoms with E-state index in [0.717, 1.165) is 0 Å². The monoisotopic (exact) mass is 342 g/mol. The first-order chi connectivity index (χ1) is 10.6. The molecular weight excluding hydrogens is 324 g/mol. The van der Waals surface area contributed by atoms with E-state index in [1.807, 2.05) is 0 Å². The van der Waals surface area contributed by atoms with Gasteiger partial charge in [-0.1, -0.05) is 11.6 Å². The van der Waals surface area contributed by atoms with Crippen molar-refractivity contribution < 1.29 is 24.2 Å². The van der Waals surface area contributed by atoms with Crippen LogP contribution in [0.2, 0.25) is 5.02 Å². The van der Waals surface area contributed by atoms with Gasteiger partial charge in [0.15, 0.2) is 0 Å². The Morgan fingerprint density at radius 1 is 1.30 bits per heavy atom. The topological polar surface area (TPSA) is 105 Å². The third-order valence-electron chi connectivity index (χ3n) is 3.05. The molecule has 1 rings (SSSR count). The number of rotatable bonds is 6. The van der Waals surface area contributed by atoms with Crippen molar-refractivity contribution in [2.45, 2.75) is 32.2 Å². The first-order valence-corrected chi connectivity index (χ1v) is 7.21. The number of carbonyl (C=O) groups is 3. The number of carboxylic acids is 1. The minimum absolute atomic E-state index is 0.0716. The summed E-state index contributed by atoms with van der Waals surface area (Å²) in [5.74, 6) is -1.55. The number of esters is 1. The van der Waals surface area contributed by atoms with Gasteiger partial charge in [-0.2, -0.15) is 0 Å². The molecule has 0 aliphatic heterocycles. The lowest BCUT2D eigenvalue weighted by Crippen LogP contribution is -2.46. The zero-order valence-electron chi connectivity index (χ0n) is 13.1. The Morgan fingerprint density at radius 3 is 2.52 bits per heavy atom. The highest BCUT2D eigenvalue weighted by Crippen LogP contribution is 2.22. The van der Waals surface area contributed by atoms with E-state index in [4.69, 9.17) is 16.7 Å². The van der Waals surface area contributed by atoms with Crippen molar-refractivity contribution in [3.05, 3.63) is 28.8 Å². The molecular formula is C15H19ClN2O5. The minimum atomic E-state index is -0.942. The van der Waals surface area contributed by atoms with Crippen LogP contribution in [0.1, 0.15) is 37.0 Å². The number of amides is 2. The molecule has 0 fully saturated rings. The number of urea groups is 1. The van der Waals surface area contributed by atoms with Gasteiger partial charge in [-0.15, -0.1) is 0 Å². The van der Waals surface area contributed by atoms with E-state index >= 15 is 0 Å². The number of hydrogen-bond donors (Lipinski definition) is 3. The van der Waals surface area contributed by atoms with E-state index in [0.29, 0.717) is 5.02 Å². The normalized spacial score (nSPS) is 10.8. The van der Waals surface area contributed by atoms with Gasteiger partial charge >= 0.3 is 18.0 Å². The molecule has 3 N–H and O–H groups in total. The number of nitrogens with one attached hydrogen (secondary N) is 2. The van der Waals surface area contributed by atoms with Crippen LogP contribution in [0.4, 0.5) is 10.5 Å². The summed E-state index contributed by atoms with van der Waals surface area (Å²) >= 11 is 5.88. The molecule has 0 atom stereocenters. The molecule has 0 aliphatic rings. The first kappa shape index (κ1) is 18.8. The van der Waals surface area contributed by atoms with Crippen LogP contribution in [0.3, 0.4) is 0 Å². The molecule has 0 bridgehead atoms. The Kier molecular flexibility index (Phi) is 6.38. The molecule has 2 amide bonds. The molecule has 126 valence electrons. The van der Waals surface area contributed by atoms with Gasteiger partial charge in [0.1, 0.15) is 0 Å². The van der Waals surface area contributed by atoms with Crippen molar-refractivity contribution in [2.75, 3.05) is 12.4 Å². The van der Waals surface area contributed by atoms with Crippen molar-refractivity contribution in [3.63, 3.8) is 0 Å². The molecule has 23 heavy (non-hydrogen) atoms. The Bertz CT molecular complexity index is 616. The summed E-state index contributed by atoms with van der Waals surface area (Å²) in [7, 11) is 1.23. The second-order valence-electron chi connectivity index (χ2n) is 5.54. The third-order valence-corrected chi connectivity index (χ3v) is 3.29. The van der Waals surface area contributed by atoms with Crippen molar-refractivity contribution in [1.82, 2.24) is 5.32 Å². The number of anilines is 1. The second kappa shape index (κ2) is 7.82. The molecule has 1 aromatic carbocycles. The van der Waals surface area contributed by atoms with E-state index in [1.54, 1.807) is 13.8 Å². The van der Waals surface area contributed by atoms with Gasteiger partial charge in [-0.25, -0.2) is 9.59 Å². The highest BCUT2D eigenvalue weighted by atomic mass is 35.5. The van der Waals surface area contributed by atoms with E-state index in [1.165, 1.54) is 25.3 Å². The summed E-state index contributed by atoms with van der Waals surface area (Å²) in [5, 5.41) is 14.2. The maximum absolute atomic E-state index is 12.1. The van der Waals surface area contributed by atoms with Gasteiger partial charge in [0.2, 0.25) is 0 Å². The van der Waals surface area contributed by atoms with Crippen molar-refractivity contribution in [2.24, 2.45) is 0 Å². The first-order valence-electron chi connectivity index (χ1n) is 6.83. The lowest BCUT2D eigenvalue weighted by Gasteiger charge is -2.26. The average Bonchev–Trinajstić information content (AvgIpc) is 2.44. The Hall–Kier alpha value is -2.28. The fourth-order valence-electron chi connectivity index (χ4n) is 1.85. The molecule has 0 spiro atoms. The molecule has 0 unspecified atom stereocenters. The van der Waals surface area contributed by atoms with Crippen LogP contribution in [0.5, 0.6) is 0 Å². The van der Waals surface area contributed by atoms with Crippen molar-refractivity contribution in [3.8, 4) is 0 Å². The summed E-state index contributed by atoms with van der Waals surface area (Å²) in [6.07, 6.45) is 0.188. The Labute approximate surface area is 139 Å². The largest absolute Gasteiger partial charge is 0.481 e. The predicted octanol–water partition coefficient (Wildman–Crippen LogP) is 2.89. The van der Waals surface area contributed by atoms with Crippen LogP contribution < -0.4 is 10.6 Å².